The smallest absolute Gasteiger partial charge is 0.357 e. The molecule has 0 aliphatic carbocycles. The number of allylic oxidation sites excluding steroid dienone is 1. The minimum absolute atomic E-state index is 0.0186. The highest BCUT2D eigenvalue weighted by atomic mass is 19.4. The second kappa shape index (κ2) is 11.8. The molecule has 12 heteroatoms. The molecule has 2 amide bonds. The first-order valence-corrected chi connectivity index (χ1v) is 11.5. The molecule has 37 heavy (non-hydrogen) atoms. The van der Waals surface area contributed by atoms with Gasteiger partial charge in [-0.3, -0.25) is 19.0 Å². The lowest BCUT2D eigenvalue weighted by atomic mass is 10.1. The zero-order valence-electron chi connectivity index (χ0n) is 20.4. The van der Waals surface area contributed by atoms with Gasteiger partial charge in [0.05, 0.1) is 19.1 Å². The van der Waals surface area contributed by atoms with Crippen molar-refractivity contribution in [2.24, 2.45) is 0 Å². The number of nitrogens with one attached hydrogen (secondary N) is 2. The number of benzene rings is 1. The van der Waals surface area contributed by atoms with E-state index >= 15 is 0 Å². The maximum Gasteiger partial charge on any atom is 0.389 e. The number of unbranched alkanes of at least 4 members (excludes halogenated alkanes) is 1. The Morgan fingerprint density at radius 2 is 1.97 bits per heavy atom. The van der Waals surface area contributed by atoms with Gasteiger partial charge in [-0.15, -0.1) is 0 Å². The van der Waals surface area contributed by atoms with Crippen LogP contribution >= 0.6 is 0 Å². The van der Waals surface area contributed by atoms with Gasteiger partial charge >= 0.3 is 6.18 Å². The number of carbonyl (C=O) groups excluding carboxylic acids is 2. The van der Waals surface area contributed by atoms with Crippen LogP contribution in [0.2, 0.25) is 0 Å². The molecular weight excluding hydrogens is 494 g/mol. The molecule has 0 unspecified atom stereocenters. The molecule has 198 valence electrons. The molecule has 0 radical (unpaired) electrons. The summed E-state index contributed by atoms with van der Waals surface area (Å²) in [6.07, 6.45) is 0.850. The van der Waals surface area contributed by atoms with Crippen molar-refractivity contribution in [1.29, 1.82) is 0 Å². The normalized spacial score (nSPS) is 11.8. The summed E-state index contributed by atoms with van der Waals surface area (Å²) in [5.41, 5.74) is 0.458. The predicted octanol–water partition coefficient (Wildman–Crippen LogP) is 4.16. The molecule has 0 aliphatic heterocycles. The zero-order valence-corrected chi connectivity index (χ0v) is 20.4. The number of anilines is 1. The number of amides is 2. The van der Waals surface area contributed by atoms with Gasteiger partial charge in [-0.25, -0.2) is 9.37 Å². The first kappa shape index (κ1) is 27.6. The zero-order chi connectivity index (χ0) is 27.2. The van der Waals surface area contributed by atoms with Crippen LogP contribution in [-0.2, 0) is 22.6 Å². The van der Waals surface area contributed by atoms with Crippen LogP contribution < -0.4 is 10.9 Å². The lowest BCUT2D eigenvalue weighted by Gasteiger charge is -2.08. The molecule has 2 aromatic heterocycles. The maximum atomic E-state index is 14.0. The molecule has 8 nitrogen and oxygen atoms in total. The number of likely N-dealkylation sites (N-methyl/N-ethyl adjacent to an activating group) is 1. The standard InChI is InChI=1S/C25H27F4N5O3/c1-33(2)22(36)7-5-3-4-6-21(35)32-20-13-30-15-34(24(20)37)14-19-12-17-11-18(26)10-16(23(17)31-19)8-9-25(27,28)29/h5,7,10-13,15,31H,3-4,6,8-9,14H2,1-2H3,(H,32,35)/b7-5+. The van der Waals surface area contributed by atoms with Crippen LogP contribution in [0, 0.1) is 5.82 Å². The number of aryl methyl sites for hydroxylation is 1. The second-order valence-corrected chi connectivity index (χ2v) is 8.75. The summed E-state index contributed by atoms with van der Waals surface area (Å²) in [6.45, 7) is -0.0186. The van der Waals surface area contributed by atoms with E-state index in [4.69, 9.17) is 0 Å². The van der Waals surface area contributed by atoms with Crippen molar-refractivity contribution in [2.45, 2.75) is 44.8 Å². The fraction of sp³-hybridized carbons (Fsp3) is 0.360. The van der Waals surface area contributed by atoms with Gasteiger partial charge in [-0.1, -0.05) is 6.08 Å². The lowest BCUT2D eigenvalue weighted by molar-refractivity contribution is -0.134. The molecule has 3 aromatic rings. The molecule has 0 aliphatic rings. The van der Waals surface area contributed by atoms with E-state index in [1.165, 1.54) is 34.1 Å². The Hall–Kier alpha value is -3.96. The van der Waals surface area contributed by atoms with Gasteiger partial charge in [0.15, 0.2) is 0 Å². The number of hydrogen-bond acceptors (Lipinski definition) is 4. The number of aromatic amines is 1. The van der Waals surface area contributed by atoms with E-state index in [1.807, 2.05) is 0 Å². The molecule has 1 aromatic carbocycles. The van der Waals surface area contributed by atoms with Crippen LogP contribution in [0.3, 0.4) is 0 Å². The minimum Gasteiger partial charge on any atom is -0.357 e. The van der Waals surface area contributed by atoms with Gasteiger partial charge in [0.25, 0.3) is 5.56 Å². The third kappa shape index (κ3) is 8.02. The van der Waals surface area contributed by atoms with E-state index in [-0.39, 0.29) is 42.5 Å². The Morgan fingerprint density at radius 1 is 1.22 bits per heavy atom. The molecule has 0 saturated carbocycles. The molecule has 0 bridgehead atoms. The summed E-state index contributed by atoms with van der Waals surface area (Å²) >= 11 is 0. The number of hydrogen-bond donors (Lipinski definition) is 2. The largest absolute Gasteiger partial charge is 0.389 e. The van der Waals surface area contributed by atoms with Crippen LogP contribution in [0.5, 0.6) is 0 Å². The summed E-state index contributed by atoms with van der Waals surface area (Å²) in [4.78, 5) is 44.9. The van der Waals surface area contributed by atoms with Crippen molar-refractivity contribution in [3.05, 3.63) is 70.3 Å². The Kier molecular flexibility index (Phi) is 8.85. The van der Waals surface area contributed by atoms with Crippen molar-refractivity contribution in [1.82, 2.24) is 19.4 Å². The second-order valence-electron chi connectivity index (χ2n) is 8.75. The molecule has 3 rings (SSSR count). The third-order valence-corrected chi connectivity index (χ3v) is 5.50. The molecular formula is C25H27F4N5O3. The Labute approximate surface area is 210 Å². The maximum absolute atomic E-state index is 14.0. The van der Waals surface area contributed by atoms with Gasteiger partial charge < -0.3 is 15.2 Å². The van der Waals surface area contributed by atoms with E-state index in [0.717, 1.165) is 6.07 Å². The van der Waals surface area contributed by atoms with Crippen molar-refractivity contribution in [2.75, 3.05) is 19.4 Å². The number of alkyl halides is 3. The highest BCUT2D eigenvalue weighted by molar-refractivity contribution is 5.90. The van der Waals surface area contributed by atoms with E-state index in [1.54, 1.807) is 26.2 Å². The fourth-order valence-electron chi connectivity index (χ4n) is 3.65. The topological polar surface area (TPSA) is 100 Å². The first-order valence-electron chi connectivity index (χ1n) is 11.5. The fourth-order valence-corrected chi connectivity index (χ4v) is 3.65. The Bertz CT molecular complexity index is 1360. The van der Waals surface area contributed by atoms with Gasteiger partial charge in [0.1, 0.15) is 11.5 Å². The molecule has 0 atom stereocenters. The van der Waals surface area contributed by atoms with Crippen LogP contribution in [-0.4, -0.2) is 51.5 Å². The van der Waals surface area contributed by atoms with Gasteiger partial charge in [0, 0.05) is 43.5 Å². The van der Waals surface area contributed by atoms with Crippen LogP contribution in [0.15, 0.2) is 47.7 Å². The number of H-pyrrole nitrogens is 1. The van der Waals surface area contributed by atoms with E-state index in [0.29, 0.717) is 29.4 Å². The van der Waals surface area contributed by atoms with Gasteiger partial charge in [-0.05, 0) is 49.1 Å². The predicted molar refractivity (Wildman–Crippen MR) is 131 cm³/mol. The molecule has 0 spiro atoms. The quantitative estimate of drug-likeness (QED) is 0.238. The Morgan fingerprint density at radius 3 is 2.68 bits per heavy atom. The minimum atomic E-state index is -4.38. The summed E-state index contributed by atoms with van der Waals surface area (Å²) in [5, 5.41) is 2.92. The SMILES string of the molecule is CN(C)C(=O)/C=C/CCCC(=O)Nc1cncn(Cc2cc3cc(F)cc(CCC(F)(F)F)c3[nH]2)c1=O. The van der Waals surface area contributed by atoms with Crippen LogP contribution in [0.4, 0.5) is 23.2 Å². The van der Waals surface area contributed by atoms with Crippen LogP contribution in [0.1, 0.15) is 36.9 Å². The average Bonchev–Trinajstić information content (AvgIpc) is 3.21. The third-order valence-electron chi connectivity index (χ3n) is 5.50. The lowest BCUT2D eigenvalue weighted by Crippen LogP contribution is -2.26. The number of rotatable bonds is 10. The summed E-state index contributed by atoms with van der Waals surface area (Å²) in [5.74, 6) is -1.20. The number of aromatic nitrogens is 3. The van der Waals surface area contributed by atoms with Crippen molar-refractivity contribution < 1.29 is 27.2 Å². The van der Waals surface area contributed by atoms with E-state index in [2.05, 4.69) is 15.3 Å². The highest BCUT2D eigenvalue weighted by Crippen LogP contribution is 2.27. The molecule has 2 heterocycles. The van der Waals surface area contributed by atoms with Crippen molar-refractivity contribution in [3.8, 4) is 0 Å². The van der Waals surface area contributed by atoms with Crippen molar-refractivity contribution >= 4 is 28.4 Å². The molecule has 2 N–H and O–H groups in total. The highest BCUT2D eigenvalue weighted by Gasteiger charge is 2.27. The monoisotopic (exact) mass is 521 g/mol. The Balaban J connectivity index is 1.67. The number of halogens is 4. The van der Waals surface area contributed by atoms with E-state index in [9.17, 15) is 31.9 Å². The summed E-state index contributed by atoms with van der Waals surface area (Å²) in [7, 11) is 3.27. The average molecular weight is 522 g/mol. The van der Waals surface area contributed by atoms with Gasteiger partial charge in [0.2, 0.25) is 11.8 Å². The number of carbonyl (C=O) groups is 2. The number of nitrogens with zero attached hydrogens (tertiary/aromatic N) is 3. The van der Waals surface area contributed by atoms with Crippen LogP contribution in [0.25, 0.3) is 10.9 Å². The summed E-state index contributed by atoms with van der Waals surface area (Å²) < 4.78 is 53.2. The van der Waals surface area contributed by atoms with E-state index < -0.39 is 24.0 Å². The molecule has 0 fully saturated rings. The molecule has 0 saturated heterocycles. The number of fused-ring (bicyclic) bond motifs is 1. The van der Waals surface area contributed by atoms with Crippen molar-refractivity contribution in [3.63, 3.8) is 0 Å². The van der Waals surface area contributed by atoms with Gasteiger partial charge in [-0.2, -0.15) is 13.2 Å². The summed E-state index contributed by atoms with van der Waals surface area (Å²) in [6, 6.07) is 3.82. The first-order chi connectivity index (χ1) is 17.4.